The van der Waals surface area contributed by atoms with Crippen LogP contribution < -0.4 is 5.32 Å². The Labute approximate surface area is 176 Å². The first-order valence-electron chi connectivity index (χ1n) is 9.56. The minimum absolute atomic E-state index is 0.172. The summed E-state index contributed by atoms with van der Waals surface area (Å²) in [4.78, 5) is 38.7. The number of Topliss-reactive ketones (excluding diaryl/α,β-unsaturated/α-hetero) is 1. The number of carbonyl (C=O) groups excluding carboxylic acids is 3. The third-order valence-electron chi connectivity index (χ3n) is 5.19. The summed E-state index contributed by atoms with van der Waals surface area (Å²) in [6.45, 7) is 1.90. The van der Waals surface area contributed by atoms with E-state index in [1.54, 1.807) is 30.3 Å². The molecule has 31 heavy (non-hydrogen) atoms. The predicted octanol–water partition coefficient (Wildman–Crippen LogP) is 3.53. The molecule has 0 radical (unpaired) electrons. The van der Waals surface area contributed by atoms with Gasteiger partial charge in [0.2, 0.25) is 11.4 Å². The maximum atomic E-state index is 14.4. The highest BCUT2D eigenvalue weighted by atomic mass is 19.4. The summed E-state index contributed by atoms with van der Waals surface area (Å²) in [5, 5.41) is 1.86. The lowest BCUT2D eigenvalue weighted by atomic mass is 9.86. The minimum atomic E-state index is -5.23. The van der Waals surface area contributed by atoms with Gasteiger partial charge in [-0.1, -0.05) is 30.3 Å². The predicted molar refractivity (Wildman–Crippen MR) is 104 cm³/mol. The molecule has 0 fully saturated rings. The first-order valence-corrected chi connectivity index (χ1v) is 9.56. The molecule has 1 aromatic carbocycles. The van der Waals surface area contributed by atoms with Gasteiger partial charge < -0.3 is 14.6 Å². The summed E-state index contributed by atoms with van der Waals surface area (Å²) >= 11 is 0. The minimum Gasteiger partial charge on any atom is -0.467 e. The van der Waals surface area contributed by atoms with Crippen molar-refractivity contribution in [3.05, 3.63) is 71.3 Å². The standard InChI is InChI=1S/C22H21F3N2O4/c1-14-19(15(2)28)21(22(23,24)25,20(30)27(14)13-17-9-6-12-31-17)26-18(29)11-10-16-7-4-3-5-8-16/h3-9,12H,10-11,13H2,1-2H3,(H,26,29)/t21-/m0/s1. The van der Waals surface area contributed by atoms with E-state index in [0.717, 1.165) is 17.4 Å². The summed E-state index contributed by atoms with van der Waals surface area (Å²) in [6.07, 6.45) is -4.00. The molecule has 164 valence electrons. The van der Waals surface area contributed by atoms with Crippen molar-refractivity contribution in [2.45, 2.75) is 44.9 Å². The highest BCUT2D eigenvalue weighted by Gasteiger charge is 2.69. The van der Waals surface area contributed by atoms with Crippen LogP contribution in [0, 0.1) is 0 Å². The molecule has 6 nitrogen and oxygen atoms in total. The van der Waals surface area contributed by atoms with Crippen LogP contribution in [-0.4, -0.2) is 34.2 Å². The average molecular weight is 434 g/mol. The molecule has 2 amide bonds. The van der Waals surface area contributed by atoms with Crippen LogP contribution in [0.3, 0.4) is 0 Å². The van der Waals surface area contributed by atoms with Crippen LogP contribution in [0.25, 0.3) is 0 Å². The van der Waals surface area contributed by atoms with Crippen LogP contribution in [0.2, 0.25) is 0 Å². The fourth-order valence-corrected chi connectivity index (χ4v) is 3.76. The fraction of sp³-hybridized carbons (Fsp3) is 0.318. The van der Waals surface area contributed by atoms with Crippen molar-refractivity contribution in [3.8, 4) is 0 Å². The van der Waals surface area contributed by atoms with Gasteiger partial charge in [0.1, 0.15) is 5.76 Å². The molecule has 1 atom stereocenters. The Kier molecular flexibility index (Phi) is 6.06. The molecular formula is C22H21F3N2O4. The van der Waals surface area contributed by atoms with E-state index in [2.05, 4.69) is 0 Å². The zero-order chi connectivity index (χ0) is 22.8. The summed E-state index contributed by atoms with van der Waals surface area (Å²) in [5.74, 6) is -3.13. The Balaban J connectivity index is 1.95. The van der Waals surface area contributed by atoms with E-state index in [1.807, 2.05) is 5.32 Å². The Bertz CT molecular complexity index is 1010. The topological polar surface area (TPSA) is 79.6 Å². The lowest BCUT2D eigenvalue weighted by Crippen LogP contribution is -2.66. The van der Waals surface area contributed by atoms with E-state index in [1.165, 1.54) is 25.3 Å². The Hall–Kier alpha value is -3.36. The van der Waals surface area contributed by atoms with E-state index >= 15 is 0 Å². The van der Waals surface area contributed by atoms with Gasteiger partial charge in [0.15, 0.2) is 5.78 Å². The van der Waals surface area contributed by atoms with Crippen molar-refractivity contribution in [3.63, 3.8) is 0 Å². The second-order valence-electron chi connectivity index (χ2n) is 7.27. The van der Waals surface area contributed by atoms with Gasteiger partial charge >= 0.3 is 6.18 Å². The normalized spacial score (nSPS) is 19.1. The van der Waals surface area contributed by atoms with Gasteiger partial charge in [-0.15, -0.1) is 0 Å². The number of hydrogen-bond donors (Lipinski definition) is 1. The monoisotopic (exact) mass is 434 g/mol. The molecule has 1 aromatic heterocycles. The molecule has 0 spiro atoms. The summed E-state index contributed by atoms with van der Waals surface area (Å²) < 4.78 is 48.2. The molecule has 0 aliphatic carbocycles. The number of halogens is 3. The first kappa shape index (κ1) is 22.3. The van der Waals surface area contributed by atoms with Crippen molar-refractivity contribution in [2.24, 2.45) is 0 Å². The van der Waals surface area contributed by atoms with Crippen LogP contribution in [0.5, 0.6) is 0 Å². The highest BCUT2D eigenvalue weighted by molar-refractivity contribution is 6.11. The third-order valence-corrected chi connectivity index (χ3v) is 5.19. The maximum Gasteiger partial charge on any atom is 0.425 e. The van der Waals surface area contributed by atoms with E-state index in [-0.39, 0.29) is 30.8 Å². The lowest BCUT2D eigenvalue weighted by Gasteiger charge is -2.33. The highest BCUT2D eigenvalue weighted by Crippen LogP contribution is 2.45. The number of furan rings is 1. The van der Waals surface area contributed by atoms with Crippen molar-refractivity contribution in [1.29, 1.82) is 0 Å². The van der Waals surface area contributed by atoms with Gasteiger partial charge in [0, 0.05) is 12.1 Å². The molecule has 0 saturated heterocycles. The molecule has 3 rings (SSSR count). The van der Waals surface area contributed by atoms with Crippen LogP contribution in [-0.2, 0) is 27.3 Å². The number of hydrogen-bond acceptors (Lipinski definition) is 4. The van der Waals surface area contributed by atoms with Gasteiger partial charge in [0.05, 0.1) is 18.4 Å². The number of nitrogens with zero attached hydrogens (tertiary/aromatic N) is 1. The van der Waals surface area contributed by atoms with Crippen molar-refractivity contribution in [1.82, 2.24) is 10.2 Å². The number of rotatable bonds is 7. The zero-order valence-corrected chi connectivity index (χ0v) is 17.0. The molecule has 1 N–H and O–H groups in total. The van der Waals surface area contributed by atoms with E-state index in [4.69, 9.17) is 4.42 Å². The average Bonchev–Trinajstić information content (AvgIpc) is 3.28. The van der Waals surface area contributed by atoms with Crippen LogP contribution >= 0.6 is 0 Å². The summed E-state index contributed by atoms with van der Waals surface area (Å²) in [7, 11) is 0. The smallest absolute Gasteiger partial charge is 0.425 e. The van der Waals surface area contributed by atoms with Gasteiger partial charge in [-0.05, 0) is 38.0 Å². The molecule has 9 heteroatoms. The van der Waals surface area contributed by atoms with E-state index in [0.29, 0.717) is 0 Å². The second-order valence-corrected chi connectivity index (χ2v) is 7.27. The van der Waals surface area contributed by atoms with Crippen LogP contribution in [0.4, 0.5) is 13.2 Å². The summed E-state index contributed by atoms with van der Waals surface area (Å²) in [6, 6.07) is 11.8. The van der Waals surface area contributed by atoms with Crippen molar-refractivity contribution in [2.75, 3.05) is 0 Å². The van der Waals surface area contributed by atoms with E-state index < -0.39 is 34.9 Å². The molecule has 2 aromatic rings. The van der Waals surface area contributed by atoms with Crippen LogP contribution in [0.1, 0.15) is 31.6 Å². The molecule has 1 aliphatic heterocycles. The zero-order valence-electron chi connectivity index (χ0n) is 17.0. The van der Waals surface area contributed by atoms with E-state index in [9.17, 15) is 27.6 Å². The fourth-order valence-electron chi connectivity index (χ4n) is 3.76. The SMILES string of the molecule is CC(=O)C1=C(C)N(Cc2ccco2)C(=O)[C@]1(NC(=O)CCc1ccccc1)C(F)(F)F. The van der Waals surface area contributed by atoms with Gasteiger partial charge in [0.25, 0.3) is 5.91 Å². The maximum absolute atomic E-state index is 14.4. The summed E-state index contributed by atoms with van der Waals surface area (Å²) in [5.41, 5.74) is -3.64. The first-order chi connectivity index (χ1) is 14.6. The quantitative estimate of drug-likeness (QED) is 0.723. The van der Waals surface area contributed by atoms with Crippen molar-refractivity contribution < 1.29 is 32.0 Å². The molecule has 1 aliphatic rings. The van der Waals surface area contributed by atoms with Crippen LogP contribution in [0.15, 0.2) is 64.4 Å². The Morgan fingerprint density at radius 1 is 1.13 bits per heavy atom. The number of alkyl halides is 3. The number of benzene rings is 1. The molecular weight excluding hydrogens is 413 g/mol. The second kappa shape index (κ2) is 8.41. The Morgan fingerprint density at radius 3 is 2.35 bits per heavy atom. The van der Waals surface area contributed by atoms with Gasteiger partial charge in [-0.2, -0.15) is 13.2 Å². The number of allylic oxidation sites excluding steroid dienone is 1. The molecule has 0 unspecified atom stereocenters. The number of aryl methyl sites for hydroxylation is 1. The number of carbonyl (C=O) groups is 3. The molecule has 2 heterocycles. The lowest BCUT2D eigenvalue weighted by molar-refractivity contribution is -0.194. The van der Waals surface area contributed by atoms with Gasteiger partial charge in [-0.3, -0.25) is 14.4 Å². The molecule has 0 bridgehead atoms. The van der Waals surface area contributed by atoms with Crippen molar-refractivity contribution >= 4 is 17.6 Å². The number of ketones is 1. The number of nitrogens with one attached hydrogen (secondary N) is 1. The molecule has 0 saturated carbocycles. The van der Waals surface area contributed by atoms with Gasteiger partial charge in [-0.25, -0.2) is 0 Å². The largest absolute Gasteiger partial charge is 0.467 e. The number of amides is 2. The third kappa shape index (κ3) is 4.12. The Morgan fingerprint density at radius 2 is 1.81 bits per heavy atom.